The summed E-state index contributed by atoms with van der Waals surface area (Å²) < 4.78 is 9.72. The first-order valence-corrected chi connectivity index (χ1v) is 5.68. The van der Waals surface area contributed by atoms with E-state index in [9.17, 15) is 4.79 Å². The first-order chi connectivity index (χ1) is 8.06. The van der Waals surface area contributed by atoms with E-state index in [0.717, 1.165) is 6.54 Å². The Balaban J connectivity index is 2.57. The largest absolute Gasteiger partial charge is 0.468 e. The molecule has 0 aliphatic rings. The second-order valence-electron chi connectivity index (χ2n) is 4.08. The van der Waals surface area contributed by atoms with Crippen molar-refractivity contribution in [3.63, 3.8) is 0 Å². The Morgan fingerprint density at radius 2 is 2.24 bits per heavy atom. The number of carbonyl (C=O) groups excluding carboxylic acids is 1. The standard InChI is InChI=1S/C11H19N3O3/c1-5-14(7-10(15)16-4)6-9-12-11(8(2)3)17-13-9/h8H,5-7H2,1-4H3. The van der Waals surface area contributed by atoms with E-state index < -0.39 is 0 Å². The molecule has 6 nitrogen and oxygen atoms in total. The van der Waals surface area contributed by atoms with Crippen LogP contribution in [0.2, 0.25) is 0 Å². The minimum Gasteiger partial charge on any atom is -0.468 e. The van der Waals surface area contributed by atoms with Crippen molar-refractivity contribution in [3.05, 3.63) is 11.7 Å². The summed E-state index contributed by atoms with van der Waals surface area (Å²) in [5, 5.41) is 3.88. The van der Waals surface area contributed by atoms with Gasteiger partial charge in [0.15, 0.2) is 5.82 Å². The fraction of sp³-hybridized carbons (Fsp3) is 0.727. The van der Waals surface area contributed by atoms with Crippen molar-refractivity contribution < 1.29 is 14.1 Å². The van der Waals surface area contributed by atoms with Gasteiger partial charge in [0, 0.05) is 5.92 Å². The number of hydrogen-bond donors (Lipinski definition) is 0. The Hall–Kier alpha value is -1.43. The van der Waals surface area contributed by atoms with Crippen molar-refractivity contribution in [2.75, 3.05) is 20.2 Å². The van der Waals surface area contributed by atoms with E-state index in [-0.39, 0.29) is 18.4 Å². The van der Waals surface area contributed by atoms with Gasteiger partial charge in [0.25, 0.3) is 0 Å². The van der Waals surface area contributed by atoms with Gasteiger partial charge in [0.05, 0.1) is 20.2 Å². The molecule has 0 aliphatic carbocycles. The molecule has 1 heterocycles. The minimum absolute atomic E-state index is 0.215. The van der Waals surface area contributed by atoms with Crippen LogP contribution in [-0.4, -0.2) is 41.2 Å². The molecule has 0 N–H and O–H groups in total. The first kappa shape index (κ1) is 13.6. The maximum absolute atomic E-state index is 11.2. The molecule has 0 aliphatic heterocycles. The Kier molecular flexibility index (Phi) is 5.09. The predicted octanol–water partition coefficient (Wildman–Crippen LogP) is 1.19. The van der Waals surface area contributed by atoms with Gasteiger partial charge in [-0.05, 0) is 6.54 Å². The third-order valence-corrected chi connectivity index (χ3v) is 2.37. The number of likely N-dealkylation sites (N-methyl/N-ethyl adjacent to an activating group) is 1. The molecule has 0 atom stereocenters. The Bertz CT molecular complexity index is 363. The normalized spacial score (nSPS) is 11.2. The summed E-state index contributed by atoms with van der Waals surface area (Å²) in [7, 11) is 1.38. The number of esters is 1. The molecule has 1 aromatic heterocycles. The zero-order valence-corrected chi connectivity index (χ0v) is 10.8. The van der Waals surface area contributed by atoms with Crippen molar-refractivity contribution in [2.45, 2.75) is 33.2 Å². The van der Waals surface area contributed by atoms with Crippen LogP contribution in [0.3, 0.4) is 0 Å². The quantitative estimate of drug-likeness (QED) is 0.697. The van der Waals surface area contributed by atoms with E-state index in [1.165, 1.54) is 7.11 Å². The van der Waals surface area contributed by atoms with Crippen LogP contribution >= 0.6 is 0 Å². The summed E-state index contributed by atoms with van der Waals surface area (Å²) in [4.78, 5) is 17.3. The fourth-order valence-corrected chi connectivity index (χ4v) is 1.29. The molecule has 1 aromatic rings. The van der Waals surface area contributed by atoms with Crippen molar-refractivity contribution in [3.8, 4) is 0 Å². The molecule has 0 bridgehead atoms. The van der Waals surface area contributed by atoms with E-state index in [1.807, 2.05) is 25.7 Å². The molecular formula is C11H19N3O3. The average Bonchev–Trinajstić information content (AvgIpc) is 2.76. The number of methoxy groups -OCH3 is 1. The van der Waals surface area contributed by atoms with E-state index >= 15 is 0 Å². The van der Waals surface area contributed by atoms with Gasteiger partial charge < -0.3 is 9.26 Å². The highest BCUT2D eigenvalue weighted by molar-refractivity contribution is 5.71. The first-order valence-electron chi connectivity index (χ1n) is 5.68. The molecular weight excluding hydrogens is 222 g/mol. The second-order valence-corrected chi connectivity index (χ2v) is 4.08. The van der Waals surface area contributed by atoms with E-state index in [4.69, 9.17) is 4.52 Å². The molecule has 0 amide bonds. The maximum atomic E-state index is 11.2. The smallest absolute Gasteiger partial charge is 0.319 e. The van der Waals surface area contributed by atoms with Crippen LogP contribution in [-0.2, 0) is 16.1 Å². The number of aromatic nitrogens is 2. The minimum atomic E-state index is -0.264. The Morgan fingerprint density at radius 3 is 2.71 bits per heavy atom. The van der Waals surface area contributed by atoms with Gasteiger partial charge in [-0.1, -0.05) is 25.9 Å². The summed E-state index contributed by atoms with van der Waals surface area (Å²) in [5.41, 5.74) is 0. The number of rotatable bonds is 6. The van der Waals surface area contributed by atoms with Crippen LogP contribution in [0.4, 0.5) is 0 Å². The molecule has 0 unspecified atom stereocenters. The van der Waals surface area contributed by atoms with E-state index in [1.54, 1.807) is 0 Å². The van der Waals surface area contributed by atoms with Crippen LogP contribution in [0.15, 0.2) is 4.52 Å². The second kappa shape index (κ2) is 6.34. The molecule has 0 fully saturated rings. The van der Waals surface area contributed by atoms with Gasteiger partial charge in [-0.3, -0.25) is 9.69 Å². The lowest BCUT2D eigenvalue weighted by molar-refractivity contribution is -0.142. The van der Waals surface area contributed by atoms with Gasteiger partial charge in [-0.15, -0.1) is 0 Å². The monoisotopic (exact) mass is 241 g/mol. The molecule has 17 heavy (non-hydrogen) atoms. The van der Waals surface area contributed by atoms with Crippen LogP contribution in [0, 0.1) is 0 Å². The molecule has 0 spiro atoms. The lowest BCUT2D eigenvalue weighted by atomic mass is 10.2. The Morgan fingerprint density at radius 1 is 1.53 bits per heavy atom. The Labute approximate surface area is 101 Å². The third-order valence-electron chi connectivity index (χ3n) is 2.37. The highest BCUT2D eigenvalue weighted by atomic mass is 16.5. The van der Waals surface area contributed by atoms with E-state index in [2.05, 4.69) is 14.9 Å². The van der Waals surface area contributed by atoms with Gasteiger partial charge in [0.1, 0.15) is 0 Å². The lowest BCUT2D eigenvalue weighted by Crippen LogP contribution is -2.30. The summed E-state index contributed by atoms with van der Waals surface area (Å²) in [6.07, 6.45) is 0. The van der Waals surface area contributed by atoms with Gasteiger partial charge in [0.2, 0.25) is 5.89 Å². The summed E-state index contributed by atoms with van der Waals surface area (Å²) in [5.74, 6) is 1.17. The van der Waals surface area contributed by atoms with Gasteiger partial charge >= 0.3 is 5.97 Å². The highest BCUT2D eigenvalue weighted by Crippen LogP contribution is 2.11. The van der Waals surface area contributed by atoms with Gasteiger partial charge in [-0.2, -0.15) is 4.98 Å². The molecule has 0 saturated heterocycles. The van der Waals surface area contributed by atoms with Crippen LogP contribution in [0.25, 0.3) is 0 Å². The SMILES string of the molecule is CCN(CC(=O)OC)Cc1noc(C(C)C)n1. The van der Waals surface area contributed by atoms with Crippen LogP contribution in [0.5, 0.6) is 0 Å². The van der Waals surface area contributed by atoms with Crippen molar-refractivity contribution >= 4 is 5.97 Å². The summed E-state index contributed by atoms with van der Waals surface area (Å²) in [6, 6.07) is 0. The number of nitrogens with zero attached hydrogens (tertiary/aromatic N) is 3. The topological polar surface area (TPSA) is 68.5 Å². The summed E-state index contributed by atoms with van der Waals surface area (Å²) in [6.45, 7) is 7.39. The molecule has 6 heteroatoms. The van der Waals surface area contributed by atoms with Crippen molar-refractivity contribution in [1.29, 1.82) is 0 Å². The predicted molar refractivity (Wildman–Crippen MR) is 61.4 cm³/mol. The third kappa shape index (κ3) is 4.14. The van der Waals surface area contributed by atoms with Crippen molar-refractivity contribution in [2.24, 2.45) is 0 Å². The zero-order chi connectivity index (χ0) is 12.8. The van der Waals surface area contributed by atoms with Crippen molar-refractivity contribution in [1.82, 2.24) is 15.0 Å². The summed E-state index contributed by atoms with van der Waals surface area (Å²) >= 11 is 0. The molecule has 0 saturated carbocycles. The maximum Gasteiger partial charge on any atom is 0.319 e. The molecule has 0 radical (unpaired) electrons. The zero-order valence-electron chi connectivity index (χ0n) is 10.8. The number of carbonyl (C=O) groups is 1. The van der Waals surface area contributed by atoms with Crippen LogP contribution in [0.1, 0.15) is 38.4 Å². The number of hydrogen-bond acceptors (Lipinski definition) is 6. The highest BCUT2D eigenvalue weighted by Gasteiger charge is 2.14. The molecule has 96 valence electrons. The lowest BCUT2D eigenvalue weighted by Gasteiger charge is -2.16. The fourth-order valence-electron chi connectivity index (χ4n) is 1.29. The molecule has 1 rings (SSSR count). The van der Waals surface area contributed by atoms with E-state index in [0.29, 0.717) is 18.3 Å². The average molecular weight is 241 g/mol. The molecule has 0 aromatic carbocycles. The van der Waals surface area contributed by atoms with Crippen LogP contribution < -0.4 is 0 Å². The number of ether oxygens (including phenoxy) is 1. The van der Waals surface area contributed by atoms with Gasteiger partial charge in [-0.25, -0.2) is 0 Å².